The first-order valence-corrected chi connectivity index (χ1v) is 13.4. The average Bonchev–Trinajstić information content (AvgIpc) is 2.91. The fourth-order valence-electron chi connectivity index (χ4n) is 3.09. The van der Waals surface area contributed by atoms with Crippen molar-refractivity contribution in [1.29, 1.82) is 0 Å². The molecule has 4 aromatic rings. The molecular weight excluding hydrogens is 621 g/mol. The molecule has 0 amide bonds. The Bertz CT molecular complexity index is 1540. The van der Waals surface area contributed by atoms with Gasteiger partial charge in [0.05, 0.1) is 15.1 Å². The second-order valence-electron chi connectivity index (χ2n) is 7.91. The van der Waals surface area contributed by atoms with E-state index in [0.29, 0.717) is 41.8 Å². The van der Waals surface area contributed by atoms with Gasteiger partial charge in [-0.2, -0.15) is 0 Å². The van der Waals surface area contributed by atoms with E-state index in [9.17, 15) is 14.7 Å². The van der Waals surface area contributed by atoms with Crippen molar-refractivity contribution in [2.75, 3.05) is 0 Å². The molecule has 0 radical (unpaired) electrons. The van der Waals surface area contributed by atoms with E-state index in [1.54, 1.807) is 72.8 Å². The third kappa shape index (κ3) is 9.44. The molecule has 3 nitrogen and oxygen atoms in total. The second-order valence-corrected chi connectivity index (χ2v) is 10.4. The number of benzene rings is 4. The molecule has 1 N–H and O–H groups in total. The Morgan fingerprint density at radius 2 is 1.05 bits per heavy atom. The molecule has 0 aliphatic heterocycles. The van der Waals surface area contributed by atoms with Gasteiger partial charge >= 0.3 is 0 Å². The zero-order chi connectivity index (χ0) is 28.5. The van der Waals surface area contributed by atoms with Gasteiger partial charge in [-0.15, -0.1) is 0 Å². The molecule has 0 aliphatic carbocycles. The van der Waals surface area contributed by atoms with E-state index in [1.807, 2.05) is 0 Å². The third-order valence-corrected chi connectivity index (χ3v) is 6.85. The minimum Gasteiger partial charge on any atom is -0.506 e. The minimum absolute atomic E-state index is 0.0947. The average molecular weight is 639 g/mol. The fourth-order valence-corrected chi connectivity index (χ4v) is 4.15. The molecule has 0 unspecified atom stereocenters. The monoisotopic (exact) mass is 636 g/mol. The van der Waals surface area contributed by atoms with Gasteiger partial charge in [-0.1, -0.05) is 81.7 Å². The number of halogens is 6. The highest BCUT2D eigenvalue weighted by molar-refractivity contribution is 6.42. The lowest BCUT2D eigenvalue weighted by Gasteiger charge is -2.02. The van der Waals surface area contributed by atoms with Gasteiger partial charge in [0, 0.05) is 31.8 Å². The molecule has 0 aromatic heterocycles. The Kier molecular flexibility index (Phi) is 11.5. The van der Waals surface area contributed by atoms with Gasteiger partial charge in [-0.25, -0.2) is 0 Å². The van der Waals surface area contributed by atoms with E-state index >= 15 is 0 Å². The van der Waals surface area contributed by atoms with Crippen LogP contribution < -0.4 is 0 Å². The Morgan fingerprint density at radius 1 is 0.538 bits per heavy atom. The van der Waals surface area contributed by atoms with E-state index in [0.717, 1.165) is 5.56 Å². The first-order valence-electron chi connectivity index (χ1n) is 11.1. The Balaban J connectivity index is 0.000000216. The topological polar surface area (TPSA) is 54.4 Å². The molecule has 0 spiro atoms. The molecule has 0 saturated heterocycles. The van der Waals surface area contributed by atoms with Crippen molar-refractivity contribution in [3.05, 3.63) is 143 Å². The molecule has 0 atom stereocenters. The molecule has 198 valence electrons. The van der Waals surface area contributed by atoms with Crippen LogP contribution in [-0.4, -0.2) is 16.7 Å². The zero-order valence-corrected chi connectivity index (χ0v) is 24.4. The lowest BCUT2D eigenvalue weighted by atomic mass is 10.1. The van der Waals surface area contributed by atoms with Gasteiger partial charge in [0.15, 0.2) is 11.6 Å². The van der Waals surface area contributed by atoms with Crippen LogP contribution in [0.2, 0.25) is 30.1 Å². The fraction of sp³-hybridized carbons (Fsp3) is 0. The lowest BCUT2D eigenvalue weighted by molar-refractivity contribution is 0.103. The number of phenols is 1. The predicted molar refractivity (Wildman–Crippen MR) is 164 cm³/mol. The zero-order valence-electron chi connectivity index (χ0n) is 19.8. The summed E-state index contributed by atoms with van der Waals surface area (Å²) >= 11 is 34.9. The molecule has 39 heavy (non-hydrogen) atoms. The molecule has 4 aromatic carbocycles. The predicted octanol–water partition coefficient (Wildman–Crippen LogP) is 10.8. The number of allylic oxidation sites excluding steroid dienone is 2. The van der Waals surface area contributed by atoms with E-state index in [-0.39, 0.29) is 22.3 Å². The summed E-state index contributed by atoms with van der Waals surface area (Å²) in [5.41, 5.74) is 2.28. The summed E-state index contributed by atoms with van der Waals surface area (Å²) in [4.78, 5) is 23.8. The van der Waals surface area contributed by atoms with Gasteiger partial charge in [0.2, 0.25) is 0 Å². The normalized spacial score (nSPS) is 10.9. The van der Waals surface area contributed by atoms with Crippen LogP contribution in [0.5, 0.6) is 5.75 Å². The first kappa shape index (κ1) is 30.8. The SMILES string of the molecule is O=C(/C=C/c1cc(Cl)cc(Cl)c1O)c1ccc(Cl)cc1.O=C(/C=C/c1ccc(Cl)c(Cl)c1)c1ccc(Cl)cc1. The van der Waals surface area contributed by atoms with Gasteiger partial charge in [0.25, 0.3) is 0 Å². The van der Waals surface area contributed by atoms with E-state index in [1.165, 1.54) is 30.4 Å². The molecule has 0 bridgehead atoms. The highest BCUT2D eigenvalue weighted by atomic mass is 35.5. The summed E-state index contributed by atoms with van der Waals surface area (Å²) in [5.74, 6) is -0.420. The van der Waals surface area contributed by atoms with E-state index < -0.39 is 0 Å². The second kappa shape index (κ2) is 14.6. The van der Waals surface area contributed by atoms with Crippen molar-refractivity contribution in [1.82, 2.24) is 0 Å². The number of phenolic OH excluding ortho intramolecular Hbond substituents is 1. The van der Waals surface area contributed by atoms with Crippen molar-refractivity contribution in [3.63, 3.8) is 0 Å². The molecule has 0 saturated carbocycles. The van der Waals surface area contributed by atoms with Crippen LogP contribution in [0.3, 0.4) is 0 Å². The molecule has 0 fully saturated rings. The number of ketones is 2. The standard InChI is InChI=1S/C15H9Cl3O2.C15H9Cl3O/c16-11-4-1-9(2-5-11)14(19)6-3-10-7-12(17)8-13(18)15(10)20;16-12-5-3-11(4-6-12)15(19)8-2-10-1-7-13(17)14(18)9-10/h1-8,20H;1-9H/b6-3+;8-2+. The summed E-state index contributed by atoms with van der Waals surface area (Å²) in [7, 11) is 0. The maximum absolute atomic E-state index is 11.9. The van der Waals surface area contributed by atoms with Crippen LogP contribution in [0.4, 0.5) is 0 Å². The van der Waals surface area contributed by atoms with Crippen LogP contribution >= 0.6 is 69.6 Å². The van der Waals surface area contributed by atoms with Crippen molar-refractivity contribution >= 4 is 93.3 Å². The molecule has 4 rings (SSSR count). The van der Waals surface area contributed by atoms with Gasteiger partial charge < -0.3 is 5.11 Å². The largest absolute Gasteiger partial charge is 0.506 e. The number of rotatable bonds is 6. The highest BCUT2D eigenvalue weighted by Crippen LogP contribution is 2.32. The first-order chi connectivity index (χ1) is 18.5. The lowest BCUT2D eigenvalue weighted by Crippen LogP contribution is -1.93. The third-order valence-electron chi connectivity index (χ3n) is 5.10. The van der Waals surface area contributed by atoms with Crippen molar-refractivity contribution < 1.29 is 14.7 Å². The van der Waals surface area contributed by atoms with Crippen LogP contribution in [0, 0.1) is 0 Å². The molecule has 0 aliphatic rings. The number of carbonyl (C=O) groups is 2. The summed E-state index contributed by atoms with van der Waals surface area (Å²) in [5, 5.41) is 12.4. The van der Waals surface area contributed by atoms with Gasteiger partial charge in [-0.3, -0.25) is 9.59 Å². The molecule has 0 heterocycles. The Morgan fingerprint density at radius 3 is 1.56 bits per heavy atom. The van der Waals surface area contributed by atoms with Crippen molar-refractivity contribution in [3.8, 4) is 5.75 Å². The number of carbonyl (C=O) groups excluding carboxylic acids is 2. The number of hydrogen-bond acceptors (Lipinski definition) is 3. The van der Waals surface area contributed by atoms with E-state index in [4.69, 9.17) is 69.6 Å². The summed E-state index contributed by atoms with van der Waals surface area (Å²) in [6, 6.07) is 21.4. The molecule has 9 heteroatoms. The molecular formula is C30H18Cl6O3. The maximum atomic E-state index is 11.9. The highest BCUT2D eigenvalue weighted by Gasteiger charge is 2.07. The smallest absolute Gasteiger partial charge is 0.185 e. The van der Waals surface area contributed by atoms with Crippen molar-refractivity contribution in [2.45, 2.75) is 0 Å². The summed E-state index contributed by atoms with van der Waals surface area (Å²) in [6.07, 6.45) is 5.98. The maximum Gasteiger partial charge on any atom is 0.185 e. The van der Waals surface area contributed by atoms with Crippen molar-refractivity contribution in [2.24, 2.45) is 0 Å². The number of hydrogen-bond donors (Lipinski definition) is 1. The minimum atomic E-state index is -0.211. The summed E-state index contributed by atoms with van der Waals surface area (Å²) < 4.78 is 0. The Labute approximate surface area is 255 Å². The van der Waals surface area contributed by atoms with Crippen LogP contribution in [0.1, 0.15) is 31.8 Å². The van der Waals surface area contributed by atoms with Crippen LogP contribution in [-0.2, 0) is 0 Å². The van der Waals surface area contributed by atoms with E-state index in [2.05, 4.69) is 0 Å². The van der Waals surface area contributed by atoms with Crippen LogP contribution in [0.25, 0.3) is 12.2 Å². The summed E-state index contributed by atoms with van der Waals surface area (Å²) in [6.45, 7) is 0. The van der Waals surface area contributed by atoms with Gasteiger partial charge in [0.1, 0.15) is 5.75 Å². The van der Waals surface area contributed by atoms with Crippen LogP contribution in [0.15, 0.2) is 91.0 Å². The Hall–Kier alpha value is -2.76. The quantitative estimate of drug-likeness (QED) is 0.169. The van der Waals surface area contributed by atoms with Gasteiger partial charge in [-0.05, 0) is 96.6 Å². The number of aromatic hydroxyl groups is 1.